The molecular formula is C24H30N2O3. The number of anilines is 1. The van der Waals surface area contributed by atoms with Gasteiger partial charge in [-0.25, -0.2) is 4.79 Å². The molecule has 0 spiro atoms. The molecule has 1 atom stereocenters. The average molecular weight is 395 g/mol. The van der Waals surface area contributed by atoms with Crippen molar-refractivity contribution in [1.29, 1.82) is 0 Å². The van der Waals surface area contributed by atoms with Crippen LogP contribution in [0.3, 0.4) is 0 Å². The molecule has 2 aromatic carbocycles. The number of rotatable bonds is 3. The minimum absolute atomic E-state index is 0.110. The first-order chi connectivity index (χ1) is 13.7. The van der Waals surface area contributed by atoms with Crippen molar-refractivity contribution in [3.05, 3.63) is 65.7 Å². The summed E-state index contributed by atoms with van der Waals surface area (Å²) in [4.78, 5) is 30.0. The van der Waals surface area contributed by atoms with Crippen LogP contribution in [0.5, 0.6) is 0 Å². The van der Waals surface area contributed by atoms with Crippen LogP contribution in [0.1, 0.15) is 57.7 Å². The molecule has 1 aliphatic heterocycles. The molecule has 0 N–H and O–H groups in total. The molecule has 0 aromatic heterocycles. The van der Waals surface area contributed by atoms with Crippen molar-refractivity contribution in [2.75, 3.05) is 18.0 Å². The van der Waals surface area contributed by atoms with Gasteiger partial charge in [-0.3, -0.25) is 9.69 Å². The molecule has 0 bridgehead atoms. The summed E-state index contributed by atoms with van der Waals surface area (Å²) >= 11 is 0. The zero-order valence-corrected chi connectivity index (χ0v) is 17.9. The summed E-state index contributed by atoms with van der Waals surface area (Å²) in [7, 11) is 0. The average Bonchev–Trinajstić information content (AvgIpc) is 2.67. The highest BCUT2D eigenvalue weighted by atomic mass is 16.6. The summed E-state index contributed by atoms with van der Waals surface area (Å²) in [5, 5.41) is 0. The Labute approximate surface area is 173 Å². The molecule has 1 unspecified atom stereocenters. The largest absolute Gasteiger partial charge is 0.444 e. The van der Waals surface area contributed by atoms with Crippen LogP contribution in [-0.2, 0) is 9.53 Å². The fourth-order valence-electron chi connectivity index (χ4n) is 3.70. The van der Waals surface area contributed by atoms with Crippen molar-refractivity contribution < 1.29 is 14.3 Å². The van der Waals surface area contributed by atoms with Crippen LogP contribution in [-0.4, -0.2) is 35.6 Å². The number of amides is 2. The highest BCUT2D eigenvalue weighted by molar-refractivity contribution is 6.00. The first-order valence-corrected chi connectivity index (χ1v) is 10.1. The van der Waals surface area contributed by atoms with E-state index in [0.717, 1.165) is 16.8 Å². The van der Waals surface area contributed by atoms with E-state index in [1.54, 1.807) is 9.80 Å². The Hall–Kier alpha value is -2.82. The molecule has 29 heavy (non-hydrogen) atoms. The third kappa shape index (κ3) is 4.61. The van der Waals surface area contributed by atoms with E-state index in [-0.39, 0.29) is 11.8 Å². The van der Waals surface area contributed by atoms with Gasteiger partial charge in [0.25, 0.3) is 5.91 Å². The van der Waals surface area contributed by atoms with E-state index in [2.05, 4.69) is 13.8 Å². The third-order valence-electron chi connectivity index (χ3n) is 4.98. The van der Waals surface area contributed by atoms with Crippen LogP contribution in [0.25, 0.3) is 0 Å². The Bertz CT molecular complexity index is 871. The van der Waals surface area contributed by atoms with Crippen molar-refractivity contribution in [3.63, 3.8) is 0 Å². The first-order valence-electron chi connectivity index (χ1n) is 10.1. The molecule has 5 heteroatoms. The number of carbonyl (C=O) groups excluding carboxylic acids is 2. The molecule has 0 radical (unpaired) electrons. The molecule has 2 amide bonds. The number of ether oxygens (including phenoxy) is 1. The van der Waals surface area contributed by atoms with Crippen molar-refractivity contribution in [3.8, 4) is 0 Å². The molecule has 5 nitrogen and oxygen atoms in total. The molecule has 2 aromatic rings. The van der Waals surface area contributed by atoms with E-state index in [1.165, 1.54) is 0 Å². The highest BCUT2D eigenvalue weighted by Gasteiger charge is 2.41. The van der Waals surface area contributed by atoms with Gasteiger partial charge in [0.05, 0.1) is 0 Å². The summed E-state index contributed by atoms with van der Waals surface area (Å²) in [6.07, 6.45) is -0.456. The lowest BCUT2D eigenvalue weighted by Gasteiger charge is -2.41. The molecule has 0 saturated carbocycles. The topological polar surface area (TPSA) is 49.9 Å². The van der Waals surface area contributed by atoms with E-state index in [0.29, 0.717) is 13.1 Å². The zero-order valence-electron chi connectivity index (χ0n) is 17.9. The van der Waals surface area contributed by atoms with Gasteiger partial charge in [0.15, 0.2) is 0 Å². The highest BCUT2D eigenvalue weighted by Crippen LogP contribution is 2.35. The second-order valence-electron chi connectivity index (χ2n) is 8.69. The lowest BCUT2D eigenvalue weighted by molar-refractivity contribution is -0.126. The maximum atomic E-state index is 13.7. The zero-order chi connectivity index (χ0) is 21.2. The normalized spacial score (nSPS) is 17.6. The van der Waals surface area contributed by atoms with Gasteiger partial charge in [-0.05, 0) is 49.9 Å². The molecule has 1 saturated heterocycles. The molecule has 0 aliphatic carbocycles. The molecular weight excluding hydrogens is 364 g/mol. The molecule has 1 fully saturated rings. The Kier molecular flexibility index (Phi) is 5.96. The predicted molar refractivity (Wildman–Crippen MR) is 115 cm³/mol. The minimum atomic E-state index is -0.711. The van der Waals surface area contributed by atoms with E-state index in [4.69, 9.17) is 4.74 Å². The van der Waals surface area contributed by atoms with Gasteiger partial charge in [0, 0.05) is 18.8 Å². The van der Waals surface area contributed by atoms with E-state index in [1.807, 2.05) is 75.4 Å². The van der Waals surface area contributed by atoms with E-state index in [9.17, 15) is 9.59 Å². The van der Waals surface area contributed by atoms with Gasteiger partial charge in [-0.15, -0.1) is 0 Å². The Morgan fingerprint density at radius 3 is 2.24 bits per heavy atom. The maximum Gasteiger partial charge on any atom is 0.411 e. The number of hydrogen-bond acceptors (Lipinski definition) is 3. The summed E-state index contributed by atoms with van der Waals surface area (Å²) < 4.78 is 5.63. The van der Waals surface area contributed by atoms with Crippen LogP contribution in [0.4, 0.5) is 10.5 Å². The summed E-state index contributed by atoms with van der Waals surface area (Å²) in [5.41, 5.74) is 2.14. The number of nitrogens with zero attached hydrogens (tertiary/aromatic N) is 2. The van der Waals surface area contributed by atoms with Gasteiger partial charge < -0.3 is 9.64 Å². The van der Waals surface area contributed by atoms with Crippen LogP contribution in [0.15, 0.2) is 54.6 Å². The fourth-order valence-corrected chi connectivity index (χ4v) is 3.70. The van der Waals surface area contributed by atoms with E-state index < -0.39 is 17.7 Å². The fraction of sp³-hybridized carbons (Fsp3) is 0.417. The number of benzene rings is 2. The molecule has 1 aliphatic rings. The second kappa shape index (κ2) is 8.27. The van der Waals surface area contributed by atoms with Crippen molar-refractivity contribution in [2.24, 2.45) is 0 Å². The first kappa shape index (κ1) is 20.9. The number of para-hydroxylation sites is 1. The van der Waals surface area contributed by atoms with Gasteiger partial charge >= 0.3 is 6.09 Å². The number of carbonyl (C=O) groups is 2. The summed E-state index contributed by atoms with van der Waals surface area (Å²) in [5.74, 6) is 0.119. The van der Waals surface area contributed by atoms with Crippen molar-refractivity contribution >= 4 is 17.7 Å². The Balaban J connectivity index is 2.05. The van der Waals surface area contributed by atoms with Crippen LogP contribution in [0.2, 0.25) is 0 Å². The third-order valence-corrected chi connectivity index (χ3v) is 4.98. The van der Waals surface area contributed by atoms with E-state index >= 15 is 0 Å². The summed E-state index contributed by atoms with van der Waals surface area (Å²) in [6.45, 7) is 10.5. The maximum absolute atomic E-state index is 13.7. The number of hydrogen-bond donors (Lipinski definition) is 0. The van der Waals surface area contributed by atoms with Gasteiger partial charge in [-0.2, -0.15) is 0 Å². The van der Waals surface area contributed by atoms with Crippen LogP contribution >= 0.6 is 0 Å². The Morgan fingerprint density at radius 1 is 1.00 bits per heavy atom. The van der Waals surface area contributed by atoms with Crippen LogP contribution < -0.4 is 4.90 Å². The summed E-state index contributed by atoms with van der Waals surface area (Å²) in [6, 6.07) is 16.8. The van der Waals surface area contributed by atoms with Crippen LogP contribution in [0, 0.1) is 0 Å². The predicted octanol–water partition coefficient (Wildman–Crippen LogP) is 5.14. The Morgan fingerprint density at radius 2 is 1.62 bits per heavy atom. The monoisotopic (exact) mass is 394 g/mol. The smallest absolute Gasteiger partial charge is 0.411 e. The van der Waals surface area contributed by atoms with Gasteiger partial charge in [0.1, 0.15) is 11.6 Å². The molecule has 154 valence electrons. The van der Waals surface area contributed by atoms with Gasteiger partial charge in [-0.1, -0.05) is 56.3 Å². The number of piperazine rings is 1. The molecule has 3 rings (SSSR count). The quantitative estimate of drug-likeness (QED) is 0.725. The lowest BCUT2D eigenvalue weighted by atomic mass is 9.90. The van der Waals surface area contributed by atoms with Crippen molar-refractivity contribution in [1.82, 2.24) is 4.90 Å². The minimum Gasteiger partial charge on any atom is -0.444 e. The van der Waals surface area contributed by atoms with Crippen molar-refractivity contribution in [2.45, 2.75) is 52.2 Å². The van der Waals surface area contributed by atoms with Gasteiger partial charge in [0.2, 0.25) is 0 Å². The standard InChI is InChI=1S/C24H30N2O3/c1-17(2)19-13-9-10-14-20(19)21-22(27)25(18-11-7-6-8-12-18)15-16-26(21)23(28)29-24(3,4)5/h6-14,17,21H,15-16H2,1-5H3. The molecule has 1 heterocycles. The SMILES string of the molecule is CC(C)c1ccccc1C1C(=O)N(c2ccccc2)CCN1C(=O)OC(C)(C)C. The lowest BCUT2D eigenvalue weighted by Crippen LogP contribution is -2.55. The second-order valence-corrected chi connectivity index (χ2v) is 8.69.